The Morgan fingerprint density at radius 1 is 0.492 bits per heavy atom. The van der Waals surface area contributed by atoms with Gasteiger partial charge in [0.2, 0.25) is 0 Å². The van der Waals surface area contributed by atoms with Crippen LogP contribution in [0.2, 0.25) is 0 Å². The SMILES string of the molecule is CC.CCCCCCCCCCCOC(=O)CCCCCN(CCCCCCCC(=O)OC(CCCCCCCC)CCCCCCCC)CCNC(=O)OC(C)(C)C. The number of ether oxygens (including phenoxy) is 3. The number of amides is 1. The van der Waals surface area contributed by atoms with E-state index in [1.807, 2.05) is 34.6 Å². The van der Waals surface area contributed by atoms with Gasteiger partial charge in [0, 0.05) is 25.9 Å². The van der Waals surface area contributed by atoms with E-state index in [1.165, 1.54) is 122 Å². The molecule has 0 atom stereocenters. The van der Waals surface area contributed by atoms with Crippen LogP contribution in [0.1, 0.15) is 267 Å². The Labute approximate surface area is 367 Å². The Balaban J connectivity index is 0. The summed E-state index contributed by atoms with van der Waals surface area (Å²) >= 11 is 0. The molecule has 0 aromatic carbocycles. The van der Waals surface area contributed by atoms with E-state index in [0.717, 1.165) is 96.7 Å². The fourth-order valence-corrected chi connectivity index (χ4v) is 7.36. The molecule has 0 aliphatic heterocycles. The number of nitrogens with one attached hydrogen (secondary N) is 1. The van der Waals surface area contributed by atoms with E-state index in [1.54, 1.807) is 0 Å². The van der Waals surface area contributed by atoms with Gasteiger partial charge in [0.1, 0.15) is 11.7 Å². The average Bonchev–Trinajstić information content (AvgIpc) is 3.20. The first-order valence-corrected chi connectivity index (χ1v) is 25.7. The minimum Gasteiger partial charge on any atom is -0.466 e. The lowest BCUT2D eigenvalue weighted by molar-refractivity contribution is -0.150. The van der Waals surface area contributed by atoms with E-state index in [9.17, 15) is 14.4 Å². The molecular formula is C51H102N2O6. The summed E-state index contributed by atoms with van der Waals surface area (Å²) in [6, 6.07) is 0. The van der Waals surface area contributed by atoms with E-state index in [0.29, 0.717) is 26.0 Å². The molecule has 0 aromatic rings. The summed E-state index contributed by atoms with van der Waals surface area (Å²) in [5, 5.41) is 2.91. The van der Waals surface area contributed by atoms with Gasteiger partial charge in [-0.25, -0.2) is 4.79 Å². The molecule has 0 aromatic heterocycles. The largest absolute Gasteiger partial charge is 0.466 e. The lowest BCUT2D eigenvalue weighted by atomic mass is 10.0. The minimum atomic E-state index is -0.516. The quantitative estimate of drug-likeness (QED) is 0.0372. The molecule has 0 fully saturated rings. The summed E-state index contributed by atoms with van der Waals surface area (Å²) in [7, 11) is 0. The summed E-state index contributed by atoms with van der Waals surface area (Å²) in [4.78, 5) is 39.7. The van der Waals surface area contributed by atoms with Gasteiger partial charge in [0.25, 0.3) is 0 Å². The second-order valence-corrected chi connectivity index (χ2v) is 17.9. The number of unbranched alkanes of at least 4 members (excludes halogenated alkanes) is 24. The summed E-state index contributed by atoms with van der Waals surface area (Å²) < 4.78 is 17.0. The van der Waals surface area contributed by atoms with E-state index < -0.39 is 5.60 Å². The molecule has 0 rings (SSSR count). The molecule has 8 heteroatoms. The van der Waals surface area contributed by atoms with Crippen LogP contribution in [-0.2, 0) is 23.8 Å². The zero-order valence-electron chi connectivity index (χ0n) is 40.8. The lowest BCUT2D eigenvalue weighted by Crippen LogP contribution is -2.38. The molecule has 352 valence electrons. The lowest BCUT2D eigenvalue weighted by Gasteiger charge is -2.24. The highest BCUT2D eigenvalue weighted by Gasteiger charge is 2.17. The van der Waals surface area contributed by atoms with Crippen molar-refractivity contribution in [1.29, 1.82) is 0 Å². The second-order valence-electron chi connectivity index (χ2n) is 17.9. The van der Waals surface area contributed by atoms with Crippen LogP contribution in [0.3, 0.4) is 0 Å². The molecule has 0 spiro atoms. The van der Waals surface area contributed by atoms with Gasteiger partial charge in [0.15, 0.2) is 0 Å². The maximum Gasteiger partial charge on any atom is 0.407 e. The number of nitrogens with zero attached hydrogens (tertiary/aromatic N) is 1. The van der Waals surface area contributed by atoms with Crippen molar-refractivity contribution in [2.24, 2.45) is 0 Å². The molecule has 0 heterocycles. The molecule has 0 aliphatic rings. The van der Waals surface area contributed by atoms with E-state index in [4.69, 9.17) is 14.2 Å². The third-order valence-electron chi connectivity index (χ3n) is 10.9. The Kier molecular flexibility index (Phi) is 45.9. The molecule has 59 heavy (non-hydrogen) atoms. The predicted octanol–water partition coefficient (Wildman–Crippen LogP) is 15.2. The third-order valence-corrected chi connectivity index (χ3v) is 10.9. The van der Waals surface area contributed by atoms with Gasteiger partial charge in [0.05, 0.1) is 6.61 Å². The Bertz CT molecular complexity index is 891. The highest BCUT2D eigenvalue weighted by atomic mass is 16.6. The number of hydrogen-bond acceptors (Lipinski definition) is 7. The highest BCUT2D eigenvalue weighted by Crippen LogP contribution is 2.19. The number of alkyl carbamates (subject to hydrolysis) is 1. The van der Waals surface area contributed by atoms with Gasteiger partial charge < -0.3 is 24.4 Å². The summed E-state index contributed by atoms with van der Waals surface area (Å²) in [5.41, 5.74) is -0.516. The summed E-state index contributed by atoms with van der Waals surface area (Å²) in [6.45, 7) is 20.2. The van der Waals surface area contributed by atoms with Crippen molar-refractivity contribution in [1.82, 2.24) is 10.2 Å². The van der Waals surface area contributed by atoms with E-state index in [-0.39, 0.29) is 24.1 Å². The third kappa shape index (κ3) is 47.1. The normalized spacial score (nSPS) is 11.4. The molecule has 0 bridgehead atoms. The van der Waals surface area contributed by atoms with Crippen molar-refractivity contribution in [3.63, 3.8) is 0 Å². The van der Waals surface area contributed by atoms with Crippen molar-refractivity contribution in [3.05, 3.63) is 0 Å². The Morgan fingerprint density at radius 3 is 1.36 bits per heavy atom. The molecule has 1 amide bonds. The van der Waals surface area contributed by atoms with Crippen LogP contribution in [-0.4, -0.2) is 67.4 Å². The maximum absolute atomic E-state index is 12.8. The van der Waals surface area contributed by atoms with Gasteiger partial charge in [-0.05, 0) is 91.6 Å². The van der Waals surface area contributed by atoms with Crippen molar-refractivity contribution < 1.29 is 28.6 Å². The molecule has 0 radical (unpaired) electrons. The number of esters is 2. The zero-order valence-corrected chi connectivity index (χ0v) is 40.8. The van der Waals surface area contributed by atoms with Crippen LogP contribution in [0.25, 0.3) is 0 Å². The fourth-order valence-electron chi connectivity index (χ4n) is 7.36. The van der Waals surface area contributed by atoms with Crippen LogP contribution >= 0.6 is 0 Å². The summed E-state index contributed by atoms with van der Waals surface area (Å²) in [6.07, 6.45) is 37.4. The molecule has 0 saturated carbocycles. The number of carbonyl (C=O) groups is 3. The van der Waals surface area contributed by atoms with Crippen LogP contribution < -0.4 is 5.32 Å². The molecular weight excluding hydrogens is 737 g/mol. The Hall–Kier alpha value is -1.83. The van der Waals surface area contributed by atoms with Gasteiger partial charge in [-0.15, -0.1) is 0 Å². The molecule has 8 nitrogen and oxygen atoms in total. The minimum absolute atomic E-state index is 0.00677. The molecule has 0 saturated heterocycles. The van der Waals surface area contributed by atoms with Gasteiger partial charge in [-0.2, -0.15) is 0 Å². The highest BCUT2D eigenvalue weighted by molar-refractivity contribution is 5.69. The first-order valence-electron chi connectivity index (χ1n) is 25.7. The standard InChI is InChI=1S/C49H96N2O6.C2H6/c1-7-10-13-16-19-20-21-27-35-44-55-46(52)38-32-28-34-42-51(43-40-50-48(54)57-49(4,5)6)41-33-26-22-25-31-39-47(53)56-45(36-29-23-17-14-11-8-2)37-30-24-18-15-12-9-3;1-2/h45H,7-44H2,1-6H3,(H,50,54);1-2H3. The topological polar surface area (TPSA) is 94.2 Å². The maximum atomic E-state index is 12.8. The molecule has 0 aliphatic carbocycles. The average molecular weight is 839 g/mol. The zero-order chi connectivity index (χ0) is 44.1. The van der Waals surface area contributed by atoms with Crippen LogP contribution in [0.15, 0.2) is 0 Å². The summed E-state index contributed by atoms with van der Waals surface area (Å²) in [5.74, 6) is -0.0740. The van der Waals surface area contributed by atoms with Crippen LogP contribution in [0.4, 0.5) is 4.79 Å². The number of rotatable bonds is 42. The molecule has 0 unspecified atom stereocenters. The fraction of sp³-hybridized carbons (Fsp3) is 0.941. The van der Waals surface area contributed by atoms with E-state index >= 15 is 0 Å². The first kappa shape index (κ1) is 59.3. The Morgan fingerprint density at radius 2 is 0.881 bits per heavy atom. The van der Waals surface area contributed by atoms with Crippen LogP contribution in [0, 0.1) is 0 Å². The monoisotopic (exact) mass is 839 g/mol. The number of hydrogen-bond donors (Lipinski definition) is 1. The van der Waals surface area contributed by atoms with Crippen molar-refractivity contribution >= 4 is 18.0 Å². The second kappa shape index (κ2) is 45.7. The number of carbonyl (C=O) groups excluding carboxylic acids is 3. The van der Waals surface area contributed by atoms with Gasteiger partial charge in [-0.3, -0.25) is 9.59 Å². The van der Waals surface area contributed by atoms with Gasteiger partial charge in [-0.1, -0.05) is 176 Å². The first-order chi connectivity index (χ1) is 28.6. The van der Waals surface area contributed by atoms with Crippen LogP contribution in [0.5, 0.6) is 0 Å². The van der Waals surface area contributed by atoms with Crippen molar-refractivity contribution in [2.75, 3.05) is 32.8 Å². The predicted molar refractivity (Wildman–Crippen MR) is 252 cm³/mol. The van der Waals surface area contributed by atoms with E-state index in [2.05, 4.69) is 31.0 Å². The van der Waals surface area contributed by atoms with Crippen molar-refractivity contribution in [3.8, 4) is 0 Å². The van der Waals surface area contributed by atoms with Gasteiger partial charge >= 0.3 is 18.0 Å². The smallest absolute Gasteiger partial charge is 0.407 e. The van der Waals surface area contributed by atoms with Crippen molar-refractivity contribution in [2.45, 2.75) is 279 Å². The molecule has 1 N–H and O–H groups in total.